The molecule has 0 saturated carbocycles. The Morgan fingerprint density at radius 1 is 1.03 bits per heavy atom. The van der Waals surface area contributed by atoms with E-state index in [2.05, 4.69) is 10.5 Å². The van der Waals surface area contributed by atoms with E-state index in [4.69, 9.17) is 9.15 Å². The number of hydrogen-bond acceptors (Lipinski definition) is 6. The van der Waals surface area contributed by atoms with E-state index in [1.54, 1.807) is 55.5 Å². The molecule has 3 aromatic carbocycles. The molecule has 32 heavy (non-hydrogen) atoms. The average Bonchev–Trinajstić information content (AvgIpc) is 3.27. The summed E-state index contributed by atoms with van der Waals surface area (Å²) in [6, 6.07) is 20.9. The van der Waals surface area contributed by atoms with Gasteiger partial charge in [-0.05, 0) is 54.1 Å². The van der Waals surface area contributed by atoms with E-state index >= 15 is 0 Å². The van der Waals surface area contributed by atoms with Gasteiger partial charge in [0.05, 0.1) is 23.9 Å². The number of carbonyl (C=O) groups is 2. The molecular formula is C25H20N2O5. The van der Waals surface area contributed by atoms with Gasteiger partial charge in [-0.25, -0.2) is 10.2 Å². The summed E-state index contributed by atoms with van der Waals surface area (Å²) in [6.45, 7) is 2.07. The van der Waals surface area contributed by atoms with Crippen molar-refractivity contribution in [1.82, 2.24) is 5.43 Å². The van der Waals surface area contributed by atoms with Crippen LogP contribution in [-0.4, -0.2) is 29.8 Å². The molecule has 0 saturated heterocycles. The Balaban J connectivity index is 1.42. The molecule has 1 aromatic heterocycles. The first-order valence-corrected chi connectivity index (χ1v) is 9.97. The summed E-state index contributed by atoms with van der Waals surface area (Å²) in [7, 11) is 0. The highest BCUT2D eigenvalue weighted by molar-refractivity contribution is 6.01. The van der Waals surface area contributed by atoms with Gasteiger partial charge in [-0.2, -0.15) is 5.10 Å². The van der Waals surface area contributed by atoms with E-state index in [-0.39, 0.29) is 17.3 Å². The lowest BCUT2D eigenvalue weighted by Gasteiger charge is -2.05. The normalized spacial score (nSPS) is 11.0. The maximum atomic E-state index is 12.4. The van der Waals surface area contributed by atoms with Gasteiger partial charge in [0, 0.05) is 5.56 Å². The lowest BCUT2D eigenvalue weighted by Crippen LogP contribution is -2.17. The molecule has 4 rings (SSSR count). The number of phenolic OH excluding ortho intramolecular Hbond substituents is 1. The first-order chi connectivity index (χ1) is 15.5. The van der Waals surface area contributed by atoms with Crippen LogP contribution < -0.4 is 5.43 Å². The van der Waals surface area contributed by atoms with Crippen molar-refractivity contribution in [3.63, 3.8) is 0 Å². The third-order valence-corrected chi connectivity index (χ3v) is 4.77. The van der Waals surface area contributed by atoms with Crippen LogP contribution in [0, 0.1) is 0 Å². The highest BCUT2D eigenvalue weighted by Gasteiger charge is 2.12. The molecule has 0 aliphatic carbocycles. The van der Waals surface area contributed by atoms with Crippen LogP contribution in [0.5, 0.6) is 5.75 Å². The lowest BCUT2D eigenvalue weighted by molar-refractivity contribution is 0.0526. The molecule has 0 bridgehead atoms. The van der Waals surface area contributed by atoms with Crippen LogP contribution in [0.25, 0.3) is 22.1 Å². The summed E-state index contributed by atoms with van der Waals surface area (Å²) in [5, 5.41) is 15.7. The van der Waals surface area contributed by atoms with Gasteiger partial charge in [-0.1, -0.05) is 36.4 Å². The smallest absolute Gasteiger partial charge is 0.338 e. The van der Waals surface area contributed by atoms with Gasteiger partial charge in [0.25, 0.3) is 5.91 Å². The number of aromatic hydroxyl groups is 1. The highest BCUT2D eigenvalue weighted by Crippen LogP contribution is 2.25. The number of amides is 1. The van der Waals surface area contributed by atoms with E-state index in [1.807, 2.05) is 24.3 Å². The van der Waals surface area contributed by atoms with Crippen LogP contribution in [0.3, 0.4) is 0 Å². The molecule has 0 aliphatic heterocycles. The third kappa shape index (κ3) is 4.52. The topological polar surface area (TPSA) is 101 Å². The number of carbonyl (C=O) groups excluding carboxylic acids is 2. The number of furan rings is 1. The van der Waals surface area contributed by atoms with Crippen LogP contribution in [-0.2, 0) is 4.74 Å². The fourth-order valence-electron chi connectivity index (χ4n) is 3.19. The zero-order valence-corrected chi connectivity index (χ0v) is 17.2. The molecule has 2 N–H and O–H groups in total. The highest BCUT2D eigenvalue weighted by atomic mass is 16.5. The zero-order valence-electron chi connectivity index (χ0n) is 17.2. The zero-order chi connectivity index (χ0) is 22.5. The Hall–Kier alpha value is -4.39. The number of hydrazone groups is 1. The standard InChI is InChI=1S/C25H20N2O5/c1-2-31-25(30)17-9-7-16(8-10-17)23-12-11-20(32-23)15-26-27-24(29)21-13-18-5-3-4-6-19(18)14-22(21)28/h3-15,28H,2H2,1H3,(H,27,29)/b26-15-. The Morgan fingerprint density at radius 3 is 2.47 bits per heavy atom. The Labute approximate surface area is 183 Å². The number of ether oxygens (including phenoxy) is 1. The summed E-state index contributed by atoms with van der Waals surface area (Å²) in [6.07, 6.45) is 1.37. The maximum absolute atomic E-state index is 12.4. The monoisotopic (exact) mass is 428 g/mol. The predicted octanol–water partition coefficient (Wildman–Crippen LogP) is 4.75. The summed E-state index contributed by atoms with van der Waals surface area (Å²) in [5.41, 5.74) is 3.76. The minimum Gasteiger partial charge on any atom is -0.507 e. The Kier molecular flexibility index (Phi) is 5.98. The van der Waals surface area contributed by atoms with Gasteiger partial charge >= 0.3 is 5.97 Å². The number of benzene rings is 3. The van der Waals surface area contributed by atoms with Crippen LogP contribution in [0.4, 0.5) is 0 Å². The number of hydrogen-bond donors (Lipinski definition) is 2. The molecule has 0 unspecified atom stereocenters. The molecule has 0 fully saturated rings. The van der Waals surface area contributed by atoms with Crippen LogP contribution in [0.1, 0.15) is 33.4 Å². The molecule has 160 valence electrons. The molecule has 4 aromatic rings. The number of nitrogens with one attached hydrogen (secondary N) is 1. The largest absolute Gasteiger partial charge is 0.507 e. The second kappa shape index (κ2) is 9.18. The van der Waals surface area contributed by atoms with Gasteiger partial charge in [-0.15, -0.1) is 0 Å². The van der Waals surface area contributed by atoms with Crippen molar-refractivity contribution >= 4 is 28.9 Å². The van der Waals surface area contributed by atoms with Gasteiger partial charge < -0.3 is 14.3 Å². The van der Waals surface area contributed by atoms with E-state index in [0.717, 1.165) is 16.3 Å². The van der Waals surface area contributed by atoms with Crippen molar-refractivity contribution in [1.29, 1.82) is 0 Å². The molecule has 0 atom stereocenters. The van der Waals surface area contributed by atoms with Gasteiger partial charge in [-0.3, -0.25) is 4.79 Å². The fourth-order valence-corrected chi connectivity index (χ4v) is 3.19. The van der Waals surface area contributed by atoms with E-state index in [1.165, 1.54) is 6.21 Å². The SMILES string of the molecule is CCOC(=O)c1ccc(-c2ccc(/C=N\NC(=O)c3cc4ccccc4cc3O)o2)cc1. The summed E-state index contributed by atoms with van der Waals surface area (Å²) < 4.78 is 10.7. The molecule has 0 aliphatic rings. The quantitative estimate of drug-likeness (QED) is 0.262. The number of fused-ring (bicyclic) bond motifs is 1. The van der Waals surface area contributed by atoms with Crippen molar-refractivity contribution in [3.8, 4) is 17.1 Å². The molecule has 7 heteroatoms. The average molecular weight is 428 g/mol. The van der Waals surface area contributed by atoms with Crippen molar-refractivity contribution in [2.45, 2.75) is 6.92 Å². The summed E-state index contributed by atoms with van der Waals surface area (Å²) in [5.74, 6) is -0.0221. The molecule has 1 heterocycles. The number of rotatable bonds is 6. The molecule has 1 amide bonds. The van der Waals surface area contributed by atoms with Crippen molar-refractivity contribution in [2.75, 3.05) is 6.61 Å². The number of phenols is 1. The Morgan fingerprint density at radius 2 is 1.75 bits per heavy atom. The minimum absolute atomic E-state index is 0.122. The number of esters is 1. The predicted molar refractivity (Wildman–Crippen MR) is 121 cm³/mol. The molecular weight excluding hydrogens is 408 g/mol. The van der Waals surface area contributed by atoms with Gasteiger partial charge in [0.2, 0.25) is 0 Å². The number of nitrogens with zero attached hydrogens (tertiary/aromatic N) is 1. The first-order valence-electron chi connectivity index (χ1n) is 9.97. The molecule has 7 nitrogen and oxygen atoms in total. The van der Waals surface area contributed by atoms with Crippen molar-refractivity contribution in [2.24, 2.45) is 5.10 Å². The first kappa shape index (κ1) is 20.9. The minimum atomic E-state index is -0.536. The van der Waals surface area contributed by atoms with Crippen LogP contribution in [0.2, 0.25) is 0 Å². The van der Waals surface area contributed by atoms with Gasteiger partial charge in [0.1, 0.15) is 17.3 Å². The Bertz CT molecular complexity index is 1310. The molecule has 0 spiro atoms. The molecule has 0 radical (unpaired) electrons. The summed E-state index contributed by atoms with van der Waals surface area (Å²) >= 11 is 0. The third-order valence-electron chi connectivity index (χ3n) is 4.77. The lowest BCUT2D eigenvalue weighted by atomic mass is 10.1. The second-order valence-corrected chi connectivity index (χ2v) is 6.92. The van der Waals surface area contributed by atoms with Crippen LogP contribution >= 0.6 is 0 Å². The van der Waals surface area contributed by atoms with Crippen molar-refractivity contribution in [3.05, 3.63) is 89.7 Å². The van der Waals surface area contributed by atoms with E-state index in [0.29, 0.717) is 23.7 Å². The van der Waals surface area contributed by atoms with E-state index < -0.39 is 5.91 Å². The van der Waals surface area contributed by atoms with Gasteiger partial charge in [0.15, 0.2) is 0 Å². The van der Waals surface area contributed by atoms with E-state index in [9.17, 15) is 14.7 Å². The summed E-state index contributed by atoms with van der Waals surface area (Å²) in [4.78, 5) is 24.2. The second-order valence-electron chi connectivity index (χ2n) is 6.92. The van der Waals surface area contributed by atoms with Crippen LogP contribution in [0.15, 0.2) is 82.3 Å². The maximum Gasteiger partial charge on any atom is 0.338 e. The fraction of sp³-hybridized carbons (Fsp3) is 0.0800. The van der Waals surface area contributed by atoms with Crippen molar-refractivity contribution < 1.29 is 23.8 Å².